The van der Waals surface area contributed by atoms with E-state index in [0.717, 1.165) is 16.9 Å². The van der Waals surface area contributed by atoms with Crippen molar-refractivity contribution in [2.75, 3.05) is 7.11 Å². The number of nitrogens with zero attached hydrogens (tertiary/aromatic N) is 2. The van der Waals surface area contributed by atoms with Crippen molar-refractivity contribution in [3.05, 3.63) is 94.2 Å². The molecule has 4 aromatic rings. The fraction of sp³-hybridized carbons (Fsp3) is 0.0435. The number of benzene rings is 3. The number of rotatable bonds is 6. The average Bonchev–Trinajstić information content (AvgIpc) is 3.19. The van der Waals surface area contributed by atoms with Gasteiger partial charge in [-0.3, -0.25) is 14.9 Å². The van der Waals surface area contributed by atoms with E-state index in [1.807, 2.05) is 42.5 Å². The van der Waals surface area contributed by atoms with E-state index in [-0.39, 0.29) is 11.4 Å². The lowest BCUT2D eigenvalue weighted by Crippen LogP contribution is -2.18. The molecule has 0 radical (unpaired) electrons. The normalized spacial score (nSPS) is 11.0. The van der Waals surface area contributed by atoms with Gasteiger partial charge < -0.3 is 9.72 Å². The van der Waals surface area contributed by atoms with Crippen LogP contribution < -0.4 is 10.2 Å². The van der Waals surface area contributed by atoms with Gasteiger partial charge in [-0.25, -0.2) is 5.43 Å². The fourth-order valence-corrected chi connectivity index (χ4v) is 3.28. The van der Waals surface area contributed by atoms with Gasteiger partial charge in [0.25, 0.3) is 11.6 Å². The molecular formula is C23H18N4O4. The van der Waals surface area contributed by atoms with E-state index in [9.17, 15) is 14.9 Å². The molecule has 0 bridgehead atoms. The summed E-state index contributed by atoms with van der Waals surface area (Å²) in [7, 11) is 1.59. The van der Waals surface area contributed by atoms with E-state index in [0.29, 0.717) is 16.5 Å². The summed E-state index contributed by atoms with van der Waals surface area (Å²) in [5, 5.41) is 15.9. The molecule has 0 fully saturated rings. The molecule has 154 valence electrons. The number of nitro benzene ring substituents is 1. The van der Waals surface area contributed by atoms with Crippen LogP contribution in [0.1, 0.15) is 16.1 Å². The Hall–Kier alpha value is -4.46. The van der Waals surface area contributed by atoms with Gasteiger partial charge in [0.1, 0.15) is 11.4 Å². The van der Waals surface area contributed by atoms with Crippen LogP contribution in [0, 0.1) is 10.1 Å². The highest BCUT2D eigenvalue weighted by Crippen LogP contribution is 2.34. The average molecular weight is 414 g/mol. The van der Waals surface area contributed by atoms with Crippen molar-refractivity contribution >= 4 is 28.7 Å². The Kier molecular flexibility index (Phi) is 5.44. The summed E-state index contributed by atoms with van der Waals surface area (Å²) in [4.78, 5) is 26.8. The number of ether oxygens (including phenoxy) is 1. The summed E-state index contributed by atoms with van der Waals surface area (Å²) in [5.41, 5.74) is 5.49. The summed E-state index contributed by atoms with van der Waals surface area (Å²) in [5.74, 6) is 0.267. The second kappa shape index (κ2) is 8.50. The second-order valence-electron chi connectivity index (χ2n) is 6.70. The molecule has 4 rings (SSSR count). The summed E-state index contributed by atoms with van der Waals surface area (Å²) >= 11 is 0. The Morgan fingerprint density at radius 3 is 2.52 bits per heavy atom. The largest absolute Gasteiger partial charge is 0.497 e. The summed E-state index contributed by atoms with van der Waals surface area (Å²) < 4.78 is 5.12. The van der Waals surface area contributed by atoms with Crippen molar-refractivity contribution in [3.8, 4) is 16.9 Å². The number of hydrazone groups is 1. The van der Waals surface area contributed by atoms with Gasteiger partial charge in [0.05, 0.1) is 18.2 Å². The van der Waals surface area contributed by atoms with Crippen LogP contribution in [0.25, 0.3) is 22.0 Å². The second-order valence-corrected chi connectivity index (χ2v) is 6.70. The molecule has 0 aliphatic carbocycles. The standard InChI is InChI=1S/C23H18N4O4/c1-31-18-10-7-15(8-11-18)14-24-26-23(28)22-21(16-5-3-2-4-6-16)19-13-17(27(29)30)9-12-20(19)25-22/h2-14,25H,1H3,(H,26,28). The SMILES string of the molecule is COc1ccc(C=NNC(=O)c2[nH]c3ccc([N+](=O)[O-])cc3c2-c2ccccc2)cc1. The molecule has 8 heteroatoms. The maximum absolute atomic E-state index is 12.9. The van der Waals surface area contributed by atoms with E-state index in [2.05, 4.69) is 15.5 Å². The first-order chi connectivity index (χ1) is 15.1. The third-order valence-electron chi connectivity index (χ3n) is 4.78. The lowest BCUT2D eigenvalue weighted by molar-refractivity contribution is -0.384. The number of nitro groups is 1. The Balaban J connectivity index is 1.69. The van der Waals surface area contributed by atoms with E-state index in [1.165, 1.54) is 18.3 Å². The first kappa shape index (κ1) is 19.8. The molecule has 0 aliphatic rings. The van der Waals surface area contributed by atoms with E-state index in [1.54, 1.807) is 25.3 Å². The van der Waals surface area contributed by atoms with Gasteiger partial charge in [0, 0.05) is 28.6 Å². The summed E-state index contributed by atoms with van der Waals surface area (Å²) in [6, 6.07) is 20.9. The van der Waals surface area contributed by atoms with Gasteiger partial charge in [-0.1, -0.05) is 30.3 Å². The van der Waals surface area contributed by atoms with Gasteiger partial charge in [-0.05, 0) is 41.5 Å². The maximum atomic E-state index is 12.9. The van der Waals surface area contributed by atoms with Gasteiger partial charge in [-0.2, -0.15) is 5.10 Å². The molecule has 0 aliphatic heterocycles. The van der Waals surface area contributed by atoms with Gasteiger partial charge in [-0.15, -0.1) is 0 Å². The number of carbonyl (C=O) groups excluding carboxylic acids is 1. The highest BCUT2D eigenvalue weighted by molar-refractivity contribution is 6.10. The maximum Gasteiger partial charge on any atom is 0.288 e. The first-order valence-electron chi connectivity index (χ1n) is 9.40. The van der Waals surface area contributed by atoms with Crippen LogP contribution in [-0.2, 0) is 0 Å². The Bertz CT molecular complexity index is 1280. The number of carbonyl (C=O) groups is 1. The van der Waals surface area contributed by atoms with Crippen LogP contribution >= 0.6 is 0 Å². The molecule has 1 heterocycles. The molecule has 1 aromatic heterocycles. The Morgan fingerprint density at radius 1 is 1.10 bits per heavy atom. The number of nitrogens with one attached hydrogen (secondary N) is 2. The van der Waals surface area contributed by atoms with Crippen molar-refractivity contribution in [2.45, 2.75) is 0 Å². The molecule has 0 saturated carbocycles. The number of H-pyrrole nitrogens is 1. The minimum atomic E-state index is -0.458. The van der Waals surface area contributed by atoms with Crippen molar-refractivity contribution in [3.63, 3.8) is 0 Å². The molecule has 0 atom stereocenters. The molecule has 3 aromatic carbocycles. The summed E-state index contributed by atoms with van der Waals surface area (Å²) in [6.07, 6.45) is 1.52. The lowest BCUT2D eigenvalue weighted by Gasteiger charge is -2.04. The molecule has 0 saturated heterocycles. The zero-order valence-corrected chi connectivity index (χ0v) is 16.5. The number of fused-ring (bicyclic) bond motifs is 1. The van der Waals surface area contributed by atoms with E-state index >= 15 is 0 Å². The number of amides is 1. The topological polar surface area (TPSA) is 110 Å². The van der Waals surface area contributed by atoms with Crippen LogP contribution in [0.4, 0.5) is 5.69 Å². The number of aromatic nitrogens is 1. The molecule has 1 amide bonds. The number of aromatic amines is 1. The molecule has 8 nitrogen and oxygen atoms in total. The summed E-state index contributed by atoms with van der Waals surface area (Å²) in [6.45, 7) is 0. The van der Waals surface area contributed by atoms with Crippen LogP contribution in [0.2, 0.25) is 0 Å². The smallest absolute Gasteiger partial charge is 0.288 e. The number of methoxy groups -OCH3 is 1. The number of non-ortho nitro benzene ring substituents is 1. The van der Waals surface area contributed by atoms with Crippen LogP contribution in [0.5, 0.6) is 5.75 Å². The van der Waals surface area contributed by atoms with Crippen LogP contribution in [0.15, 0.2) is 77.9 Å². The number of hydrogen-bond donors (Lipinski definition) is 2. The Labute approximate surface area is 177 Å². The quantitative estimate of drug-likeness (QED) is 0.275. The number of hydrogen-bond acceptors (Lipinski definition) is 5. The minimum absolute atomic E-state index is 0.0480. The highest BCUT2D eigenvalue weighted by Gasteiger charge is 2.21. The molecule has 2 N–H and O–H groups in total. The monoisotopic (exact) mass is 414 g/mol. The van der Waals surface area contributed by atoms with E-state index < -0.39 is 10.8 Å². The first-order valence-corrected chi connectivity index (χ1v) is 9.40. The predicted octanol–water partition coefficient (Wildman–Crippen LogP) is 4.52. The van der Waals surface area contributed by atoms with Crippen molar-refractivity contribution in [1.82, 2.24) is 10.4 Å². The zero-order chi connectivity index (χ0) is 21.8. The van der Waals surface area contributed by atoms with Crippen LogP contribution in [-0.4, -0.2) is 29.1 Å². The molecular weight excluding hydrogens is 396 g/mol. The van der Waals surface area contributed by atoms with Gasteiger partial charge >= 0.3 is 0 Å². The highest BCUT2D eigenvalue weighted by atomic mass is 16.6. The molecule has 0 spiro atoms. The van der Waals surface area contributed by atoms with Crippen molar-refractivity contribution in [1.29, 1.82) is 0 Å². The fourth-order valence-electron chi connectivity index (χ4n) is 3.28. The Morgan fingerprint density at radius 2 is 1.84 bits per heavy atom. The molecule has 31 heavy (non-hydrogen) atoms. The third-order valence-corrected chi connectivity index (χ3v) is 4.78. The molecule has 0 unspecified atom stereocenters. The predicted molar refractivity (Wildman–Crippen MR) is 118 cm³/mol. The van der Waals surface area contributed by atoms with Crippen molar-refractivity contribution < 1.29 is 14.5 Å². The van der Waals surface area contributed by atoms with E-state index in [4.69, 9.17) is 4.74 Å². The van der Waals surface area contributed by atoms with Crippen molar-refractivity contribution in [2.24, 2.45) is 5.10 Å². The lowest BCUT2D eigenvalue weighted by atomic mass is 10.0. The third kappa shape index (κ3) is 4.13. The minimum Gasteiger partial charge on any atom is -0.497 e. The van der Waals surface area contributed by atoms with Crippen LogP contribution in [0.3, 0.4) is 0 Å². The van der Waals surface area contributed by atoms with Gasteiger partial charge in [0.15, 0.2) is 0 Å². The zero-order valence-electron chi connectivity index (χ0n) is 16.5. The van der Waals surface area contributed by atoms with Gasteiger partial charge in [0.2, 0.25) is 0 Å².